The largest absolute Gasteiger partial charge is 0.327 e. The van der Waals surface area contributed by atoms with Gasteiger partial charge in [-0.15, -0.1) is 0 Å². The average Bonchev–Trinajstić information content (AvgIpc) is 2.72. The van der Waals surface area contributed by atoms with Crippen molar-refractivity contribution >= 4 is 11.0 Å². The highest BCUT2D eigenvalue weighted by Crippen LogP contribution is 2.22. The van der Waals surface area contributed by atoms with Crippen molar-refractivity contribution in [3.05, 3.63) is 30.6 Å². The molecule has 2 rings (SSSR count). The Morgan fingerprint density at radius 3 is 2.81 bits per heavy atom. The Morgan fingerprint density at radius 2 is 2.06 bits per heavy atom. The molecule has 2 unspecified atom stereocenters. The summed E-state index contributed by atoms with van der Waals surface area (Å²) in [5.41, 5.74) is 2.30. The first-order valence-electron chi connectivity index (χ1n) is 5.80. The number of hydrogen-bond donors (Lipinski definition) is 1. The van der Waals surface area contributed by atoms with Crippen LogP contribution in [0.25, 0.3) is 11.0 Å². The van der Waals surface area contributed by atoms with Gasteiger partial charge in [-0.25, -0.2) is 4.98 Å². The Bertz CT molecular complexity index is 461. The molecule has 0 aliphatic heterocycles. The molecule has 16 heavy (non-hydrogen) atoms. The van der Waals surface area contributed by atoms with Crippen LogP contribution >= 0.6 is 0 Å². The van der Waals surface area contributed by atoms with Gasteiger partial charge in [-0.3, -0.25) is 0 Å². The van der Waals surface area contributed by atoms with Gasteiger partial charge >= 0.3 is 0 Å². The van der Waals surface area contributed by atoms with Gasteiger partial charge < -0.3 is 9.88 Å². The van der Waals surface area contributed by atoms with Gasteiger partial charge in [0.2, 0.25) is 0 Å². The fourth-order valence-corrected chi connectivity index (χ4v) is 2.07. The van der Waals surface area contributed by atoms with Gasteiger partial charge in [0.05, 0.1) is 17.4 Å². The summed E-state index contributed by atoms with van der Waals surface area (Å²) in [6.07, 6.45) is 1.95. The average molecular weight is 217 g/mol. The van der Waals surface area contributed by atoms with Crippen LogP contribution in [0.15, 0.2) is 30.6 Å². The molecule has 0 radical (unpaired) electrons. The molecular weight excluding hydrogens is 198 g/mol. The maximum Gasteiger partial charge on any atom is 0.0960 e. The van der Waals surface area contributed by atoms with Gasteiger partial charge in [0.1, 0.15) is 0 Å². The zero-order chi connectivity index (χ0) is 11.5. The lowest BCUT2D eigenvalue weighted by molar-refractivity contribution is 0.376. The van der Waals surface area contributed by atoms with Crippen molar-refractivity contribution in [3.8, 4) is 0 Å². The Morgan fingerprint density at radius 1 is 1.31 bits per heavy atom. The number of imidazole rings is 1. The van der Waals surface area contributed by atoms with Crippen LogP contribution in [-0.2, 0) is 0 Å². The molecule has 3 nitrogen and oxygen atoms in total. The Kier molecular flexibility index (Phi) is 3.25. The highest BCUT2D eigenvalue weighted by Gasteiger charge is 2.15. The normalized spacial score (nSPS) is 15.2. The van der Waals surface area contributed by atoms with Gasteiger partial charge in [-0.05, 0) is 38.6 Å². The second-order valence-corrected chi connectivity index (χ2v) is 4.42. The van der Waals surface area contributed by atoms with E-state index in [0.717, 1.165) is 12.1 Å². The van der Waals surface area contributed by atoms with Crippen molar-refractivity contribution in [1.82, 2.24) is 14.9 Å². The first-order chi connectivity index (χ1) is 7.74. The van der Waals surface area contributed by atoms with Crippen molar-refractivity contribution in [3.63, 3.8) is 0 Å². The lowest BCUT2D eigenvalue weighted by atomic mass is 10.0. The number of nitrogens with zero attached hydrogens (tertiary/aromatic N) is 2. The monoisotopic (exact) mass is 217 g/mol. The maximum absolute atomic E-state index is 4.42. The smallest absolute Gasteiger partial charge is 0.0960 e. The third-order valence-electron chi connectivity index (χ3n) is 3.27. The van der Waals surface area contributed by atoms with Gasteiger partial charge in [-0.2, -0.15) is 0 Å². The van der Waals surface area contributed by atoms with E-state index in [1.165, 1.54) is 5.52 Å². The lowest BCUT2D eigenvalue weighted by Gasteiger charge is -2.21. The molecule has 2 atom stereocenters. The van der Waals surface area contributed by atoms with Crippen molar-refractivity contribution in [2.24, 2.45) is 5.92 Å². The Hall–Kier alpha value is -1.35. The second kappa shape index (κ2) is 4.66. The first kappa shape index (κ1) is 11.1. The number of aromatic nitrogens is 2. The summed E-state index contributed by atoms with van der Waals surface area (Å²) in [5, 5.41) is 3.22. The minimum atomic E-state index is 0.458. The summed E-state index contributed by atoms with van der Waals surface area (Å²) >= 11 is 0. The number of fused-ring (bicyclic) bond motifs is 1. The van der Waals surface area contributed by atoms with E-state index in [9.17, 15) is 0 Å². The molecule has 1 aromatic carbocycles. The van der Waals surface area contributed by atoms with Crippen LogP contribution in [0.1, 0.15) is 19.9 Å². The number of nitrogens with one attached hydrogen (secondary N) is 1. The summed E-state index contributed by atoms with van der Waals surface area (Å²) < 4.78 is 2.26. The molecule has 2 aromatic rings. The molecule has 86 valence electrons. The molecule has 0 aliphatic rings. The van der Waals surface area contributed by atoms with E-state index in [0.29, 0.717) is 12.0 Å². The minimum absolute atomic E-state index is 0.458. The molecule has 0 amide bonds. The SMILES string of the molecule is CNCC(C)C(C)n1cnc2ccccc21. The van der Waals surface area contributed by atoms with Crippen LogP contribution in [0.5, 0.6) is 0 Å². The zero-order valence-corrected chi connectivity index (χ0v) is 10.1. The highest BCUT2D eigenvalue weighted by atomic mass is 15.1. The van der Waals surface area contributed by atoms with Gasteiger partial charge in [0.15, 0.2) is 0 Å². The Balaban J connectivity index is 2.32. The van der Waals surface area contributed by atoms with E-state index < -0.39 is 0 Å². The van der Waals surface area contributed by atoms with Gasteiger partial charge in [0.25, 0.3) is 0 Å². The fraction of sp³-hybridized carbons (Fsp3) is 0.462. The van der Waals surface area contributed by atoms with Crippen LogP contribution in [0.4, 0.5) is 0 Å². The Labute approximate surface area is 96.5 Å². The van der Waals surface area contributed by atoms with Crippen LogP contribution in [-0.4, -0.2) is 23.1 Å². The summed E-state index contributed by atoms with van der Waals surface area (Å²) in [7, 11) is 2.00. The minimum Gasteiger partial charge on any atom is -0.327 e. The number of rotatable bonds is 4. The first-order valence-corrected chi connectivity index (χ1v) is 5.80. The summed E-state index contributed by atoms with van der Waals surface area (Å²) in [5.74, 6) is 0.586. The van der Waals surface area contributed by atoms with Crippen LogP contribution in [0, 0.1) is 5.92 Å². The van der Waals surface area contributed by atoms with E-state index in [4.69, 9.17) is 0 Å². The van der Waals surface area contributed by atoms with E-state index in [1.54, 1.807) is 0 Å². The van der Waals surface area contributed by atoms with E-state index >= 15 is 0 Å². The standard InChI is InChI=1S/C13H19N3/c1-10(8-14-3)11(2)16-9-15-12-6-4-5-7-13(12)16/h4-7,9-11,14H,8H2,1-3H3. The molecule has 0 aliphatic carbocycles. The predicted molar refractivity (Wildman–Crippen MR) is 67.5 cm³/mol. The summed E-state index contributed by atoms with van der Waals surface area (Å²) in [6.45, 7) is 5.53. The molecule has 1 N–H and O–H groups in total. The molecule has 0 saturated heterocycles. The third-order valence-corrected chi connectivity index (χ3v) is 3.27. The van der Waals surface area contributed by atoms with Crippen LogP contribution in [0.2, 0.25) is 0 Å². The van der Waals surface area contributed by atoms with Crippen molar-refractivity contribution in [2.45, 2.75) is 19.9 Å². The van der Waals surface area contributed by atoms with Gasteiger partial charge in [0, 0.05) is 6.04 Å². The van der Waals surface area contributed by atoms with E-state index in [2.05, 4.69) is 46.9 Å². The number of benzene rings is 1. The lowest BCUT2D eigenvalue weighted by Crippen LogP contribution is -2.23. The van der Waals surface area contributed by atoms with Crippen molar-refractivity contribution < 1.29 is 0 Å². The zero-order valence-electron chi connectivity index (χ0n) is 10.1. The van der Waals surface area contributed by atoms with Crippen LogP contribution < -0.4 is 5.32 Å². The topological polar surface area (TPSA) is 29.9 Å². The van der Waals surface area contributed by atoms with E-state index in [1.807, 2.05) is 19.4 Å². The molecule has 0 spiro atoms. The van der Waals surface area contributed by atoms with E-state index in [-0.39, 0.29) is 0 Å². The van der Waals surface area contributed by atoms with Crippen LogP contribution in [0.3, 0.4) is 0 Å². The molecule has 3 heteroatoms. The molecule has 0 saturated carbocycles. The molecule has 1 heterocycles. The summed E-state index contributed by atoms with van der Waals surface area (Å²) in [4.78, 5) is 4.42. The number of hydrogen-bond acceptors (Lipinski definition) is 2. The predicted octanol–water partition coefficient (Wildman–Crippen LogP) is 2.45. The fourth-order valence-electron chi connectivity index (χ4n) is 2.07. The molecule has 1 aromatic heterocycles. The van der Waals surface area contributed by atoms with Gasteiger partial charge in [-0.1, -0.05) is 19.1 Å². The van der Waals surface area contributed by atoms with Crippen molar-refractivity contribution in [2.75, 3.05) is 13.6 Å². The van der Waals surface area contributed by atoms with Crippen molar-refractivity contribution in [1.29, 1.82) is 0 Å². The second-order valence-electron chi connectivity index (χ2n) is 4.42. The molecule has 0 bridgehead atoms. The number of para-hydroxylation sites is 2. The quantitative estimate of drug-likeness (QED) is 0.852. The molecule has 0 fully saturated rings. The molecular formula is C13H19N3. The highest BCUT2D eigenvalue weighted by molar-refractivity contribution is 5.75. The maximum atomic E-state index is 4.42. The third kappa shape index (κ3) is 1.95. The summed E-state index contributed by atoms with van der Waals surface area (Å²) in [6, 6.07) is 8.74.